The highest BCUT2D eigenvalue weighted by molar-refractivity contribution is 5.92. The molecule has 1 heterocycles. The molecule has 1 fully saturated rings. The lowest BCUT2D eigenvalue weighted by Gasteiger charge is -2.31. The number of amides is 3. The number of nitrogens with two attached hydrogens (primary N) is 1. The largest absolute Gasteiger partial charge is 0.445 e. The lowest BCUT2D eigenvalue weighted by Crippen LogP contribution is -2.54. The predicted octanol–water partition coefficient (Wildman–Crippen LogP) is 3.21. The molecule has 8 heteroatoms. The van der Waals surface area contributed by atoms with E-state index in [4.69, 9.17) is 10.5 Å². The van der Waals surface area contributed by atoms with Crippen LogP contribution in [-0.4, -0.2) is 48.0 Å². The average molecular weight is 493 g/mol. The highest BCUT2D eigenvalue weighted by Crippen LogP contribution is 2.30. The molecule has 1 saturated heterocycles. The number of alkyl carbamates (subject to hydrolysis) is 1. The van der Waals surface area contributed by atoms with Gasteiger partial charge in [-0.1, -0.05) is 54.6 Å². The van der Waals surface area contributed by atoms with Crippen molar-refractivity contribution in [3.05, 3.63) is 71.3 Å². The van der Waals surface area contributed by atoms with E-state index in [0.717, 1.165) is 36.8 Å². The summed E-state index contributed by atoms with van der Waals surface area (Å²) in [6.45, 7) is 0.996. The van der Waals surface area contributed by atoms with Crippen molar-refractivity contribution in [3.8, 4) is 0 Å². The third kappa shape index (κ3) is 6.43. The first-order valence-corrected chi connectivity index (χ1v) is 12.9. The molecule has 0 saturated carbocycles. The number of carbonyl (C=O) groups excluding carboxylic acids is 3. The summed E-state index contributed by atoms with van der Waals surface area (Å²) in [5.41, 5.74) is 8.98. The van der Waals surface area contributed by atoms with Crippen molar-refractivity contribution in [1.82, 2.24) is 15.5 Å². The SMILES string of the molecule is NCCC[C@H](NC(=O)OCc1ccccc1)C(=O)N1CCCC1C(=O)N[C@H]1CCCc2ccccc21. The molecule has 2 aliphatic rings. The fraction of sp³-hybridized carbons (Fsp3) is 0.464. The molecule has 1 unspecified atom stereocenters. The van der Waals surface area contributed by atoms with Gasteiger partial charge in [-0.15, -0.1) is 0 Å². The minimum atomic E-state index is -0.791. The summed E-state index contributed by atoms with van der Waals surface area (Å²) in [6, 6.07) is 16.2. The fourth-order valence-electron chi connectivity index (χ4n) is 5.16. The summed E-state index contributed by atoms with van der Waals surface area (Å²) >= 11 is 0. The van der Waals surface area contributed by atoms with Crippen molar-refractivity contribution in [2.24, 2.45) is 5.73 Å². The first kappa shape index (κ1) is 25.7. The molecule has 4 N–H and O–H groups in total. The number of aryl methyl sites for hydroxylation is 1. The molecule has 192 valence electrons. The van der Waals surface area contributed by atoms with Crippen molar-refractivity contribution in [3.63, 3.8) is 0 Å². The zero-order chi connectivity index (χ0) is 25.3. The molecular weight excluding hydrogens is 456 g/mol. The smallest absolute Gasteiger partial charge is 0.408 e. The molecule has 3 amide bonds. The van der Waals surface area contributed by atoms with Crippen LogP contribution in [0.25, 0.3) is 0 Å². The van der Waals surface area contributed by atoms with Crippen molar-refractivity contribution >= 4 is 17.9 Å². The summed E-state index contributed by atoms with van der Waals surface area (Å²) < 4.78 is 5.33. The third-order valence-electron chi connectivity index (χ3n) is 7.02. The zero-order valence-electron chi connectivity index (χ0n) is 20.7. The predicted molar refractivity (Wildman–Crippen MR) is 137 cm³/mol. The third-order valence-corrected chi connectivity index (χ3v) is 7.02. The van der Waals surface area contributed by atoms with Crippen LogP contribution >= 0.6 is 0 Å². The van der Waals surface area contributed by atoms with Crippen molar-refractivity contribution in [1.29, 1.82) is 0 Å². The molecule has 2 aromatic carbocycles. The molecule has 0 bridgehead atoms. The van der Waals surface area contributed by atoms with E-state index in [9.17, 15) is 14.4 Å². The standard InChI is InChI=1S/C28H36N4O4/c29-17-7-15-24(31-28(35)36-19-20-9-2-1-3-10-20)27(34)32-18-8-16-25(32)26(33)30-23-14-6-12-21-11-4-5-13-22(21)23/h1-5,9-11,13,23-25H,6-8,12,14-19,29H2,(H,30,33)(H,31,35)/t23-,24-,25?/m0/s1. The highest BCUT2D eigenvalue weighted by atomic mass is 16.5. The number of hydrogen-bond acceptors (Lipinski definition) is 5. The lowest BCUT2D eigenvalue weighted by molar-refractivity contribution is -0.140. The summed E-state index contributed by atoms with van der Waals surface area (Å²) in [7, 11) is 0. The molecule has 0 spiro atoms. The van der Waals surface area contributed by atoms with Crippen LogP contribution in [0.2, 0.25) is 0 Å². The van der Waals surface area contributed by atoms with Crippen molar-refractivity contribution in [2.45, 2.75) is 69.7 Å². The molecule has 36 heavy (non-hydrogen) atoms. The number of hydrogen-bond donors (Lipinski definition) is 3. The van der Waals surface area contributed by atoms with Crippen LogP contribution in [0.1, 0.15) is 61.3 Å². The van der Waals surface area contributed by atoms with Gasteiger partial charge in [-0.2, -0.15) is 0 Å². The van der Waals surface area contributed by atoms with Crippen molar-refractivity contribution in [2.75, 3.05) is 13.1 Å². The monoisotopic (exact) mass is 492 g/mol. The highest BCUT2D eigenvalue weighted by Gasteiger charge is 2.38. The van der Waals surface area contributed by atoms with Gasteiger partial charge in [-0.05, 0) is 68.2 Å². The van der Waals surface area contributed by atoms with Gasteiger partial charge in [-0.25, -0.2) is 4.79 Å². The zero-order valence-corrected chi connectivity index (χ0v) is 20.7. The van der Waals surface area contributed by atoms with Crippen LogP contribution in [0.15, 0.2) is 54.6 Å². The Morgan fingerprint density at radius 3 is 2.61 bits per heavy atom. The number of rotatable bonds is 9. The number of ether oxygens (including phenoxy) is 1. The van der Waals surface area contributed by atoms with Gasteiger partial charge in [-0.3, -0.25) is 9.59 Å². The quantitative estimate of drug-likeness (QED) is 0.497. The van der Waals surface area contributed by atoms with E-state index < -0.39 is 18.2 Å². The van der Waals surface area contributed by atoms with E-state index in [0.29, 0.717) is 32.4 Å². The Morgan fingerprint density at radius 1 is 1.03 bits per heavy atom. The number of benzene rings is 2. The molecule has 0 radical (unpaired) electrons. The Morgan fingerprint density at radius 2 is 1.81 bits per heavy atom. The van der Waals surface area contributed by atoms with Crippen LogP contribution in [0.5, 0.6) is 0 Å². The summed E-state index contributed by atoms with van der Waals surface area (Å²) in [4.78, 5) is 40.9. The number of carbonyl (C=O) groups is 3. The molecule has 2 aromatic rings. The first-order chi connectivity index (χ1) is 17.6. The maximum atomic E-state index is 13.5. The normalized spacial score (nSPS) is 19.8. The molecule has 1 aliphatic carbocycles. The van der Waals surface area contributed by atoms with E-state index >= 15 is 0 Å². The molecule has 1 aliphatic heterocycles. The molecular formula is C28H36N4O4. The van der Waals surface area contributed by atoms with E-state index in [-0.39, 0.29) is 24.5 Å². The van der Waals surface area contributed by atoms with Crippen LogP contribution in [0.3, 0.4) is 0 Å². The van der Waals surface area contributed by atoms with Crippen LogP contribution in [-0.2, 0) is 27.4 Å². The van der Waals surface area contributed by atoms with Crippen LogP contribution in [0.4, 0.5) is 4.79 Å². The molecule has 4 rings (SSSR count). The lowest BCUT2D eigenvalue weighted by atomic mass is 9.87. The number of nitrogens with one attached hydrogen (secondary N) is 2. The molecule has 8 nitrogen and oxygen atoms in total. The van der Waals surface area contributed by atoms with Gasteiger partial charge in [0.1, 0.15) is 18.7 Å². The van der Waals surface area contributed by atoms with Gasteiger partial charge in [0.15, 0.2) is 0 Å². The fourth-order valence-corrected chi connectivity index (χ4v) is 5.16. The van der Waals surface area contributed by atoms with Gasteiger partial charge in [0.2, 0.25) is 11.8 Å². The van der Waals surface area contributed by atoms with E-state index in [1.807, 2.05) is 42.5 Å². The topological polar surface area (TPSA) is 114 Å². The van der Waals surface area contributed by atoms with E-state index in [1.165, 1.54) is 5.56 Å². The number of fused-ring (bicyclic) bond motifs is 1. The van der Waals surface area contributed by atoms with Gasteiger partial charge in [0, 0.05) is 6.54 Å². The maximum Gasteiger partial charge on any atom is 0.408 e. The minimum absolute atomic E-state index is 0.0425. The van der Waals surface area contributed by atoms with Gasteiger partial charge < -0.3 is 26.0 Å². The Bertz CT molecular complexity index is 1040. The van der Waals surface area contributed by atoms with Gasteiger partial charge >= 0.3 is 6.09 Å². The van der Waals surface area contributed by atoms with E-state index in [2.05, 4.69) is 22.8 Å². The Labute approximate surface area is 212 Å². The second-order valence-corrected chi connectivity index (χ2v) is 9.53. The van der Waals surface area contributed by atoms with Crippen LogP contribution in [0, 0.1) is 0 Å². The van der Waals surface area contributed by atoms with Gasteiger partial charge in [0.25, 0.3) is 0 Å². The average Bonchev–Trinajstić information content (AvgIpc) is 3.40. The first-order valence-electron chi connectivity index (χ1n) is 12.9. The maximum absolute atomic E-state index is 13.5. The van der Waals surface area contributed by atoms with Gasteiger partial charge in [0.05, 0.1) is 6.04 Å². The number of nitrogens with zero attached hydrogens (tertiary/aromatic N) is 1. The van der Waals surface area contributed by atoms with Crippen molar-refractivity contribution < 1.29 is 19.1 Å². The second kappa shape index (κ2) is 12.5. The summed E-state index contributed by atoms with van der Waals surface area (Å²) in [5, 5.41) is 5.91. The summed E-state index contributed by atoms with van der Waals surface area (Å²) in [5.74, 6) is -0.395. The molecule has 0 aromatic heterocycles. The summed E-state index contributed by atoms with van der Waals surface area (Å²) in [6.07, 6.45) is 4.57. The van der Waals surface area contributed by atoms with E-state index in [1.54, 1.807) is 4.90 Å². The Balaban J connectivity index is 1.38. The number of likely N-dealkylation sites (tertiary alicyclic amines) is 1. The second-order valence-electron chi connectivity index (χ2n) is 9.53. The molecule has 3 atom stereocenters. The van der Waals surface area contributed by atoms with Crippen LogP contribution < -0.4 is 16.4 Å². The Hall–Kier alpha value is -3.39. The minimum Gasteiger partial charge on any atom is -0.445 e. The Kier molecular flexibility index (Phi) is 8.95.